The van der Waals surface area contributed by atoms with E-state index in [1.165, 1.54) is 147 Å². The first-order valence-electron chi connectivity index (χ1n) is 45.2. The van der Waals surface area contributed by atoms with Gasteiger partial charge in [-0.05, 0) is 266 Å². The largest absolute Gasteiger partial charge is 0.489 e. The molecule has 0 aliphatic heterocycles. The van der Waals surface area contributed by atoms with E-state index in [1.54, 1.807) is 0 Å². The fourth-order valence-corrected chi connectivity index (χ4v) is 22.2. The van der Waals surface area contributed by atoms with E-state index in [2.05, 4.69) is 505 Å². The van der Waals surface area contributed by atoms with Crippen LogP contribution in [0.1, 0.15) is 55.6 Å². The van der Waals surface area contributed by atoms with Crippen molar-refractivity contribution in [3.05, 3.63) is 554 Å². The Labute approximate surface area is 771 Å². The molecule has 0 saturated heterocycles. The summed E-state index contributed by atoms with van der Waals surface area (Å²) in [5.41, 5.74) is 33.5. The second kappa shape index (κ2) is 33.1. The van der Waals surface area contributed by atoms with Gasteiger partial charge in [-0.2, -0.15) is 0 Å². The Hall–Kier alpha value is -16.8. The number of thiophene rings is 1. The van der Waals surface area contributed by atoms with Crippen LogP contribution in [0.4, 0.5) is 34.1 Å². The van der Waals surface area contributed by atoms with E-state index in [0.29, 0.717) is 6.61 Å². The zero-order valence-corrected chi connectivity index (χ0v) is 73.2. The number of para-hydroxylation sites is 1. The van der Waals surface area contributed by atoms with Gasteiger partial charge in [0.1, 0.15) is 12.4 Å². The molecule has 6 heteroatoms. The number of nitrogens with zero attached hydrogens (tertiary/aromatic N) is 4. The number of hydrogen-bond donors (Lipinski definition) is 0. The zero-order valence-electron chi connectivity index (χ0n) is 72.4. The molecular weight excluding hydrogens is 1620 g/mol. The quantitative estimate of drug-likeness (QED) is 0.0857. The van der Waals surface area contributed by atoms with E-state index in [4.69, 9.17) is 4.74 Å². The maximum Gasteiger partial charge on any atom is 0.119 e. The van der Waals surface area contributed by atoms with Crippen molar-refractivity contribution in [2.24, 2.45) is 0 Å². The Morgan fingerprint density at radius 3 is 1.20 bits per heavy atom. The molecule has 132 heavy (non-hydrogen) atoms. The topological polar surface area (TPSA) is 33.5 Å². The lowest BCUT2D eigenvalue weighted by atomic mass is 9.59. The Balaban J connectivity index is 0.000000146. The third kappa shape index (κ3) is 13.4. The first kappa shape index (κ1) is 78.7. The average Bonchev–Trinajstić information content (AvgIpc) is 0.799. The lowest BCUT2D eigenvalue weighted by molar-refractivity contribution is 0.306. The molecule has 5 nitrogen and oxygen atoms in total. The van der Waals surface area contributed by atoms with Gasteiger partial charge in [0, 0.05) is 83.2 Å². The zero-order chi connectivity index (χ0) is 87.6. The fraction of sp³-hybridized carbons (Fsp3) is 0.0238. The van der Waals surface area contributed by atoms with Crippen LogP contribution in [0.3, 0.4) is 0 Å². The van der Waals surface area contributed by atoms with E-state index in [1.807, 2.05) is 29.8 Å². The molecule has 622 valence electrons. The Morgan fingerprint density at radius 2 is 0.697 bits per heavy atom. The molecule has 0 radical (unpaired) electrons. The minimum Gasteiger partial charge on any atom is -0.489 e. The van der Waals surface area contributed by atoms with Crippen molar-refractivity contribution in [3.8, 4) is 67.1 Å². The predicted octanol–water partition coefficient (Wildman–Crippen LogP) is 33.4. The summed E-state index contributed by atoms with van der Waals surface area (Å²) in [7, 11) is 0. The van der Waals surface area contributed by atoms with Gasteiger partial charge < -0.3 is 19.1 Å². The summed E-state index contributed by atoms with van der Waals surface area (Å²) in [6, 6.07) is 175. The van der Waals surface area contributed by atoms with Gasteiger partial charge in [0.2, 0.25) is 0 Å². The molecule has 23 aromatic rings. The number of rotatable bonds is 18. The first-order chi connectivity index (χ1) is 65.4. The van der Waals surface area contributed by atoms with Crippen LogP contribution in [-0.2, 0) is 17.4 Å². The molecular formula is C126H86N4OS. The minimum atomic E-state index is -0.502. The highest BCUT2D eigenvalue weighted by Gasteiger charge is 2.46. The molecule has 0 bridgehead atoms. The van der Waals surface area contributed by atoms with Crippen LogP contribution in [0.2, 0.25) is 0 Å². The lowest BCUT2D eigenvalue weighted by Crippen LogP contribution is -2.33. The summed E-state index contributed by atoms with van der Waals surface area (Å²) in [6.07, 6.45) is 5.71. The molecule has 0 saturated carbocycles. The summed E-state index contributed by atoms with van der Waals surface area (Å²) in [5, 5.41) is 10.0. The van der Waals surface area contributed by atoms with E-state index in [0.717, 1.165) is 73.2 Å². The van der Waals surface area contributed by atoms with Crippen molar-refractivity contribution in [3.63, 3.8) is 0 Å². The number of pyridine rings is 1. The second-order valence-corrected chi connectivity index (χ2v) is 35.4. The number of ether oxygens (including phenoxy) is 1. The smallest absolute Gasteiger partial charge is 0.119 e. The SMILES string of the molecule is C=Cc1ccc(COc2ccc(N(c3ccc(-c4ccccc4)cc3)c3ccc(-c4ccc5c(c4)-c4cccc6cccc(c46)C5(c4ccccc4)c4ccccc4)cc3)cc2)cc1.c1ccc(C2(c3ccccc3)c3ccc(-c4ccc(N(c5ccc(-n6c7ccccc7c7cnccc76)cc5)c5ccc6sc7ccccc7c6c5)cc4)cc3-c3cccc4cccc2c34)cc1. The van der Waals surface area contributed by atoms with Crippen molar-refractivity contribution in [1.29, 1.82) is 0 Å². The third-order valence-corrected chi connectivity index (χ3v) is 28.3. The van der Waals surface area contributed by atoms with E-state index in [9.17, 15) is 0 Å². The Morgan fingerprint density at radius 1 is 0.295 bits per heavy atom. The lowest BCUT2D eigenvalue weighted by Gasteiger charge is -2.42. The molecule has 0 spiro atoms. The molecule has 2 aliphatic rings. The predicted molar refractivity (Wildman–Crippen MR) is 554 cm³/mol. The Kier molecular flexibility index (Phi) is 19.8. The summed E-state index contributed by atoms with van der Waals surface area (Å²) >= 11 is 1.85. The summed E-state index contributed by atoms with van der Waals surface area (Å²) in [4.78, 5) is 9.19. The normalized spacial score (nSPS) is 12.6. The summed E-state index contributed by atoms with van der Waals surface area (Å²) < 4.78 is 11.2. The van der Waals surface area contributed by atoms with Gasteiger partial charge in [-0.1, -0.05) is 358 Å². The maximum atomic E-state index is 6.24. The summed E-state index contributed by atoms with van der Waals surface area (Å²) in [6.45, 7) is 4.36. The first-order valence-corrected chi connectivity index (χ1v) is 46.0. The highest BCUT2D eigenvalue weighted by Crippen LogP contribution is 2.59. The second-order valence-electron chi connectivity index (χ2n) is 34.3. The summed E-state index contributed by atoms with van der Waals surface area (Å²) in [5.74, 6) is 0.820. The van der Waals surface area contributed by atoms with Crippen LogP contribution in [0.25, 0.3) is 131 Å². The monoisotopic (exact) mass is 1700 g/mol. The standard InChI is InChI=1S/C64H41N3S.C62H45NO/c1-3-15-45(16-4-1)64(46-17-5-2-6-18-46)57-35-27-44(39-54(57)53-21-11-13-43-14-12-22-58(64)63(43)53)42-25-28-47(29-26-42)66(50-34-36-62-55(40-50)52-20-8-10-24-61(52)68-62)48-30-32-49(33-31-48)67-59-23-9-7-19-51(59)56-41-65-38-37-60(56)67;1-2-44-24-26-45(27-25-44)43-64-56-39-37-55(38-40-56)63(53-33-28-47(29-34-53)46-14-6-3-7-15-46)54-35-30-48(31-36-54)50-32-41-59-58(42-50)57-22-12-16-49-17-13-23-60(61(49)57)62(59,51-18-8-4-9-19-51)52-20-10-5-11-21-52/h1-41H;2-42H,1,43H2. The molecule has 3 heterocycles. The van der Waals surface area contributed by atoms with E-state index >= 15 is 0 Å². The van der Waals surface area contributed by atoms with Crippen LogP contribution in [0.15, 0.2) is 498 Å². The minimum absolute atomic E-state index is 0.493. The van der Waals surface area contributed by atoms with Crippen molar-refractivity contribution in [1.82, 2.24) is 9.55 Å². The number of hydrogen-bond acceptors (Lipinski definition) is 5. The van der Waals surface area contributed by atoms with Gasteiger partial charge in [-0.15, -0.1) is 11.3 Å². The molecule has 0 atom stereocenters. The third-order valence-electron chi connectivity index (χ3n) is 27.2. The Bertz CT molecular complexity index is 8140. The number of aromatic nitrogens is 2. The average molecular weight is 1700 g/mol. The van der Waals surface area contributed by atoms with Gasteiger partial charge in [-0.3, -0.25) is 4.98 Å². The molecule has 25 rings (SSSR count). The van der Waals surface area contributed by atoms with Crippen molar-refractivity contribution >= 4 is 115 Å². The highest BCUT2D eigenvalue weighted by atomic mass is 32.1. The van der Waals surface area contributed by atoms with Gasteiger partial charge >= 0.3 is 0 Å². The molecule has 0 amide bonds. The van der Waals surface area contributed by atoms with Gasteiger partial charge in [0.05, 0.1) is 21.9 Å². The van der Waals surface area contributed by atoms with Gasteiger partial charge in [0.15, 0.2) is 0 Å². The van der Waals surface area contributed by atoms with Crippen LogP contribution in [0.5, 0.6) is 5.75 Å². The van der Waals surface area contributed by atoms with Crippen LogP contribution in [-0.4, -0.2) is 9.55 Å². The molecule has 0 unspecified atom stereocenters. The number of fused-ring (bicyclic) bond motifs is 10. The van der Waals surface area contributed by atoms with Crippen LogP contribution in [0, 0.1) is 0 Å². The van der Waals surface area contributed by atoms with Gasteiger partial charge in [-0.25, -0.2) is 0 Å². The van der Waals surface area contributed by atoms with Gasteiger partial charge in [0.25, 0.3) is 0 Å². The maximum absolute atomic E-state index is 6.24. The number of anilines is 6. The highest BCUT2D eigenvalue weighted by molar-refractivity contribution is 7.25. The van der Waals surface area contributed by atoms with Crippen molar-refractivity contribution in [2.45, 2.75) is 17.4 Å². The van der Waals surface area contributed by atoms with E-state index < -0.39 is 10.8 Å². The fourth-order valence-electron chi connectivity index (χ4n) is 21.2. The molecule has 3 aromatic heterocycles. The molecule has 2 aliphatic carbocycles. The number of benzene rings is 20. The van der Waals surface area contributed by atoms with Crippen LogP contribution < -0.4 is 14.5 Å². The van der Waals surface area contributed by atoms with Crippen LogP contribution >= 0.6 is 11.3 Å². The van der Waals surface area contributed by atoms with Crippen molar-refractivity contribution < 1.29 is 4.74 Å². The van der Waals surface area contributed by atoms with E-state index in [-0.39, 0.29) is 0 Å². The van der Waals surface area contributed by atoms with Crippen molar-refractivity contribution in [2.75, 3.05) is 9.80 Å². The molecule has 0 N–H and O–H groups in total. The molecule has 20 aromatic carbocycles. The molecule has 0 fully saturated rings.